The lowest BCUT2D eigenvalue weighted by Crippen LogP contribution is -2.17. The van der Waals surface area contributed by atoms with E-state index in [4.69, 9.17) is 0 Å². The molecule has 0 atom stereocenters. The molecular weight excluding hydrogens is 396 g/mol. The van der Waals surface area contributed by atoms with Gasteiger partial charge in [-0.25, -0.2) is 9.97 Å². The number of rotatable bonds is 6. The molecule has 1 N–H and O–H groups in total. The van der Waals surface area contributed by atoms with Crippen LogP contribution in [-0.2, 0) is 5.41 Å². The highest BCUT2D eigenvalue weighted by atomic mass is 16.6. The molecule has 31 heavy (non-hydrogen) atoms. The number of anilines is 3. The highest BCUT2D eigenvalue weighted by Crippen LogP contribution is 2.25. The second kappa shape index (κ2) is 8.59. The fraction of sp³-hybridized carbons (Fsp3) is 0.182. The molecule has 0 fully saturated rings. The zero-order chi connectivity index (χ0) is 22.6. The van der Waals surface area contributed by atoms with E-state index < -0.39 is 10.3 Å². The van der Waals surface area contributed by atoms with E-state index in [9.17, 15) is 20.2 Å². The second-order valence-electron chi connectivity index (χ2n) is 7.31. The molecule has 3 rings (SSSR count). The number of hydrogen-bond donors (Lipinski definition) is 1. The van der Waals surface area contributed by atoms with Crippen molar-refractivity contribution in [2.45, 2.75) is 19.3 Å². The standard InChI is InChI=1S/C22H19N6O3/c1-22(2,14-23)16-7-4-6-15(10-16)20(29)26-17-8-5-9-18(11-17)27(3)21-24-12-19(13-25-21)28(30)31/h4-12H,1-3H3,(H,26,29). The van der Waals surface area contributed by atoms with Crippen LogP contribution >= 0.6 is 0 Å². The summed E-state index contributed by atoms with van der Waals surface area (Å²) in [5.41, 5.74) is 1.38. The molecule has 0 aliphatic heterocycles. The van der Waals surface area contributed by atoms with Gasteiger partial charge in [-0.1, -0.05) is 18.2 Å². The predicted molar refractivity (Wildman–Crippen MR) is 115 cm³/mol. The molecule has 0 bridgehead atoms. The Balaban J connectivity index is 1.79. The van der Waals surface area contributed by atoms with Gasteiger partial charge in [0.2, 0.25) is 5.95 Å². The Kier molecular flexibility index (Phi) is 5.93. The first-order valence-electron chi connectivity index (χ1n) is 9.27. The number of nitro groups is 1. The Hall–Kier alpha value is -4.32. The third kappa shape index (κ3) is 4.82. The summed E-state index contributed by atoms with van der Waals surface area (Å²) in [4.78, 5) is 32.3. The molecule has 2 aromatic carbocycles. The first-order chi connectivity index (χ1) is 14.7. The highest BCUT2D eigenvalue weighted by Gasteiger charge is 2.21. The van der Waals surface area contributed by atoms with Crippen LogP contribution in [0.2, 0.25) is 0 Å². The van der Waals surface area contributed by atoms with Crippen LogP contribution in [0.1, 0.15) is 29.8 Å². The monoisotopic (exact) mass is 415 g/mol. The third-order valence-corrected chi connectivity index (χ3v) is 4.69. The van der Waals surface area contributed by atoms with Crippen molar-refractivity contribution in [1.29, 1.82) is 5.26 Å². The SMILES string of the molecule is CN(c1cccc(NC(=O)c2cccc(C(C)(C)C#N)c2)c1)c1n[c]c([N+](=O)[O-])cn1. The Bertz CT molecular complexity index is 1170. The highest BCUT2D eigenvalue weighted by molar-refractivity contribution is 6.04. The van der Waals surface area contributed by atoms with E-state index in [1.807, 2.05) is 6.07 Å². The maximum atomic E-state index is 12.7. The van der Waals surface area contributed by atoms with Crippen LogP contribution in [0.15, 0.2) is 54.7 Å². The van der Waals surface area contributed by atoms with Crippen molar-refractivity contribution in [1.82, 2.24) is 9.97 Å². The van der Waals surface area contributed by atoms with E-state index in [-0.39, 0.29) is 17.5 Å². The van der Waals surface area contributed by atoms with Crippen molar-refractivity contribution in [3.63, 3.8) is 0 Å². The quantitative estimate of drug-likeness (QED) is 0.476. The smallest absolute Gasteiger partial charge is 0.315 e. The van der Waals surface area contributed by atoms with E-state index in [1.54, 1.807) is 68.3 Å². The molecule has 0 saturated heterocycles. The number of hydrogen-bond acceptors (Lipinski definition) is 7. The number of carbonyl (C=O) groups excluding carboxylic acids is 1. The Labute approximate surface area is 179 Å². The fourth-order valence-electron chi connectivity index (χ4n) is 2.76. The molecule has 0 aliphatic carbocycles. The average molecular weight is 415 g/mol. The minimum atomic E-state index is -0.708. The molecule has 1 aromatic heterocycles. The van der Waals surface area contributed by atoms with E-state index >= 15 is 0 Å². The molecule has 9 nitrogen and oxygen atoms in total. The van der Waals surface area contributed by atoms with Gasteiger partial charge in [-0.15, -0.1) is 0 Å². The third-order valence-electron chi connectivity index (χ3n) is 4.69. The lowest BCUT2D eigenvalue weighted by Gasteiger charge is -2.18. The lowest BCUT2D eigenvalue weighted by molar-refractivity contribution is -0.385. The zero-order valence-corrected chi connectivity index (χ0v) is 17.2. The summed E-state index contributed by atoms with van der Waals surface area (Å²) in [7, 11) is 1.70. The summed E-state index contributed by atoms with van der Waals surface area (Å²) >= 11 is 0. The Morgan fingerprint density at radius 2 is 2.00 bits per heavy atom. The average Bonchev–Trinajstić information content (AvgIpc) is 2.79. The molecule has 155 valence electrons. The summed E-state index contributed by atoms with van der Waals surface area (Å²) in [5.74, 6) is -0.0872. The van der Waals surface area contributed by atoms with Gasteiger partial charge in [-0.3, -0.25) is 14.9 Å². The Morgan fingerprint density at radius 1 is 1.26 bits per heavy atom. The molecule has 0 spiro atoms. The van der Waals surface area contributed by atoms with Gasteiger partial charge in [0.1, 0.15) is 6.20 Å². The molecule has 1 heterocycles. The van der Waals surface area contributed by atoms with Crippen LogP contribution in [-0.4, -0.2) is 27.8 Å². The van der Waals surface area contributed by atoms with Crippen LogP contribution in [0, 0.1) is 27.6 Å². The van der Waals surface area contributed by atoms with Crippen LogP contribution in [0.4, 0.5) is 23.0 Å². The van der Waals surface area contributed by atoms with E-state index in [0.717, 1.165) is 11.8 Å². The van der Waals surface area contributed by atoms with Gasteiger partial charge >= 0.3 is 5.69 Å². The minimum Gasteiger partial charge on any atom is -0.322 e. The van der Waals surface area contributed by atoms with Gasteiger partial charge in [0.15, 0.2) is 6.20 Å². The predicted octanol–water partition coefficient (Wildman–Crippen LogP) is 4.01. The van der Waals surface area contributed by atoms with Crippen molar-refractivity contribution >= 4 is 28.9 Å². The van der Waals surface area contributed by atoms with E-state index in [1.165, 1.54) is 0 Å². The van der Waals surface area contributed by atoms with Crippen LogP contribution in [0.25, 0.3) is 0 Å². The Morgan fingerprint density at radius 3 is 2.65 bits per heavy atom. The van der Waals surface area contributed by atoms with Crippen molar-refractivity contribution in [2.24, 2.45) is 0 Å². The summed E-state index contributed by atoms with van der Waals surface area (Å²) in [6.07, 6.45) is 3.42. The molecule has 1 amide bonds. The van der Waals surface area contributed by atoms with Crippen molar-refractivity contribution in [3.8, 4) is 6.07 Å². The van der Waals surface area contributed by atoms with E-state index in [0.29, 0.717) is 16.9 Å². The number of carbonyl (C=O) groups is 1. The maximum absolute atomic E-state index is 12.7. The first kappa shape index (κ1) is 21.4. The van der Waals surface area contributed by atoms with Crippen LogP contribution in [0.3, 0.4) is 0 Å². The fourth-order valence-corrected chi connectivity index (χ4v) is 2.76. The number of nitriles is 1. The van der Waals surface area contributed by atoms with Gasteiger partial charge in [0.25, 0.3) is 5.91 Å². The lowest BCUT2D eigenvalue weighted by atomic mass is 9.85. The second-order valence-corrected chi connectivity index (χ2v) is 7.31. The minimum absolute atomic E-state index is 0.223. The number of nitrogens with one attached hydrogen (secondary N) is 1. The van der Waals surface area contributed by atoms with Gasteiger partial charge in [0.05, 0.1) is 16.4 Å². The molecular formula is C22H19N6O3. The van der Waals surface area contributed by atoms with Crippen LogP contribution in [0.5, 0.6) is 0 Å². The van der Waals surface area contributed by atoms with Gasteiger partial charge in [0, 0.05) is 24.0 Å². The van der Waals surface area contributed by atoms with Gasteiger partial charge in [-0.05, 0) is 49.7 Å². The molecule has 0 saturated carbocycles. The van der Waals surface area contributed by atoms with Crippen molar-refractivity contribution in [2.75, 3.05) is 17.3 Å². The zero-order valence-electron chi connectivity index (χ0n) is 17.2. The summed E-state index contributed by atoms with van der Waals surface area (Å²) in [5, 5.41) is 22.9. The maximum Gasteiger partial charge on any atom is 0.315 e. The molecule has 1 radical (unpaired) electrons. The summed E-state index contributed by atoms with van der Waals surface area (Å²) in [6.45, 7) is 3.59. The van der Waals surface area contributed by atoms with Gasteiger partial charge < -0.3 is 10.2 Å². The number of benzene rings is 2. The topological polar surface area (TPSA) is 125 Å². The first-order valence-corrected chi connectivity index (χ1v) is 9.27. The largest absolute Gasteiger partial charge is 0.322 e. The molecule has 0 aliphatic rings. The van der Waals surface area contributed by atoms with Crippen LogP contribution < -0.4 is 10.2 Å². The molecule has 3 aromatic rings. The van der Waals surface area contributed by atoms with E-state index in [2.05, 4.69) is 27.6 Å². The summed E-state index contributed by atoms with van der Waals surface area (Å²) < 4.78 is 0. The summed E-state index contributed by atoms with van der Waals surface area (Å²) in [6, 6.07) is 16.2. The molecule has 9 heteroatoms. The van der Waals surface area contributed by atoms with Gasteiger partial charge in [-0.2, -0.15) is 5.26 Å². The van der Waals surface area contributed by atoms with Crippen molar-refractivity contribution in [3.05, 3.63) is 82.2 Å². The normalized spacial score (nSPS) is 10.8. The number of aromatic nitrogens is 2. The number of nitrogens with zero attached hydrogens (tertiary/aromatic N) is 5. The number of amides is 1. The molecule has 0 unspecified atom stereocenters. The van der Waals surface area contributed by atoms with Crippen molar-refractivity contribution < 1.29 is 9.72 Å².